The summed E-state index contributed by atoms with van der Waals surface area (Å²) in [5.41, 5.74) is 6.48. The smallest absolute Gasteiger partial charge is 0.187 e. The zero-order chi connectivity index (χ0) is 8.39. The molecule has 2 N–H and O–H groups in total. The summed E-state index contributed by atoms with van der Waals surface area (Å²) in [4.78, 5) is 0. The van der Waals surface area contributed by atoms with Crippen molar-refractivity contribution >= 4 is 0 Å². The maximum atomic E-state index is 5.58. The first-order valence-corrected chi connectivity index (χ1v) is 3.87. The highest BCUT2D eigenvalue weighted by atomic mass is 16.7. The van der Waals surface area contributed by atoms with Gasteiger partial charge < -0.3 is 19.6 Å². The van der Waals surface area contributed by atoms with Crippen LogP contribution in [0.15, 0.2) is 23.0 Å². The molecule has 1 fully saturated rings. The lowest BCUT2D eigenvalue weighted by atomic mass is 10.3. The van der Waals surface area contributed by atoms with Crippen LogP contribution in [-0.2, 0) is 9.47 Å². The fraction of sp³-hybridized carbons (Fsp3) is 0.500. The highest BCUT2D eigenvalue weighted by molar-refractivity contribution is 5.07. The van der Waals surface area contributed by atoms with Gasteiger partial charge in [-0.05, 0) is 6.07 Å². The summed E-state index contributed by atoms with van der Waals surface area (Å²) in [6, 6.07) is 1.81. The minimum atomic E-state index is -0.302. The van der Waals surface area contributed by atoms with E-state index in [0.29, 0.717) is 13.2 Å². The Bertz CT molecular complexity index is 226. The second-order valence-electron chi connectivity index (χ2n) is 2.82. The molecular formula is C8H11NO3. The zero-order valence-electron chi connectivity index (χ0n) is 6.60. The SMILES string of the molecule is NC1COC(c2ccoc2)OC1. The second kappa shape index (κ2) is 3.26. The largest absolute Gasteiger partial charge is 0.472 e. The number of nitrogens with two attached hydrogens (primary N) is 1. The van der Waals surface area contributed by atoms with Crippen LogP contribution in [0.3, 0.4) is 0 Å². The van der Waals surface area contributed by atoms with E-state index in [1.807, 2.05) is 6.07 Å². The summed E-state index contributed by atoms with van der Waals surface area (Å²) in [5, 5.41) is 0. The van der Waals surface area contributed by atoms with Gasteiger partial charge in [-0.25, -0.2) is 0 Å². The van der Waals surface area contributed by atoms with Gasteiger partial charge in [-0.3, -0.25) is 0 Å². The fourth-order valence-corrected chi connectivity index (χ4v) is 1.12. The van der Waals surface area contributed by atoms with Gasteiger partial charge in [-0.2, -0.15) is 0 Å². The first-order valence-electron chi connectivity index (χ1n) is 3.87. The van der Waals surface area contributed by atoms with Crippen molar-refractivity contribution in [3.8, 4) is 0 Å². The van der Waals surface area contributed by atoms with E-state index in [4.69, 9.17) is 19.6 Å². The highest BCUT2D eigenvalue weighted by Crippen LogP contribution is 2.22. The van der Waals surface area contributed by atoms with E-state index in [1.165, 1.54) is 0 Å². The molecule has 0 saturated carbocycles. The minimum absolute atomic E-state index is 0.00634. The Hall–Kier alpha value is -0.840. The average molecular weight is 169 g/mol. The number of rotatable bonds is 1. The molecule has 1 aliphatic rings. The summed E-state index contributed by atoms with van der Waals surface area (Å²) in [7, 11) is 0. The Morgan fingerprint density at radius 2 is 2.08 bits per heavy atom. The molecule has 0 aliphatic carbocycles. The summed E-state index contributed by atoms with van der Waals surface area (Å²) in [5.74, 6) is 0. The average Bonchev–Trinajstić information content (AvgIpc) is 2.58. The van der Waals surface area contributed by atoms with Crippen molar-refractivity contribution < 1.29 is 13.9 Å². The Labute approximate surface area is 70.2 Å². The van der Waals surface area contributed by atoms with Crippen LogP contribution < -0.4 is 5.73 Å². The number of furan rings is 1. The van der Waals surface area contributed by atoms with Crippen molar-refractivity contribution in [2.24, 2.45) is 5.73 Å². The van der Waals surface area contributed by atoms with Crippen molar-refractivity contribution in [3.63, 3.8) is 0 Å². The molecule has 1 aromatic heterocycles. The monoisotopic (exact) mass is 169 g/mol. The fourth-order valence-electron chi connectivity index (χ4n) is 1.12. The molecule has 0 unspecified atom stereocenters. The topological polar surface area (TPSA) is 57.6 Å². The van der Waals surface area contributed by atoms with E-state index in [-0.39, 0.29) is 12.3 Å². The van der Waals surface area contributed by atoms with E-state index in [1.54, 1.807) is 12.5 Å². The van der Waals surface area contributed by atoms with Crippen molar-refractivity contribution in [2.75, 3.05) is 13.2 Å². The molecular weight excluding hydrogens is 158 g/mol. The quantitative estimate of drug-likeness (QED) is 0.670. The predicted octanol–water partition coefficient (Wildman–Crippen LogP) is 0.652. The molecule has 0 amide bonds. The number of hydrogen-bond donors (Lipinski definition) is 1. The zero-order valence-corrected chi connectivity index (χ0v) is 6.60. The van der Waals surface area contributed by atoms with Crippen LogP contribution in [-0.4, -0.2) is 19.3 Å². The molecule has 0 spiro atoms. The maximum absolute atomic E-state index is 5.58. The summed E-state index contributed by atoms with van der Waals surface area (Å²) < 4.78 is 15.6. The molecule has 0 bridgehead atoms. The van der Waals surface area contributed by atoms with E-state index < -0.39 is 0 Å². The van der Waals surface area contributed by atoms with Gasteiger partial charge in [0.1, 0.15) is 0 Å². The molecule has 66 valence electrons. The van der Waals surface area contributed by atoms with E-state index in [9.17, 15) is 0 Å². The lowest BCUT2D eigenvalue weighted by Crippen LogP contribution is -2.37. The van der Waals surface area contributed by atoms with Crippen LogP contribution in [0, 0.1) is 0 Å². The Morgan fingerprint density at radius 1 is 1.33 bits per heavy atom. The highest BCUT2D eigenvalue weighted by Gasteiger charge is 2.21. The van der Waals surface area contributed by atoms with E-state index >= 15 is 0 Å². The number of ether oxygens (including phenoxy) is 2. The van der Waals surface area contributed by atoms with E-state index in [0.717, 1.165) is 5.56 Å². The van der Waals surface area contributed by atoms with Gasteiger partial charge in [-0.15, -0.1) is 0 Å². The maximum Gasteiger partial charge on any atom is 0.187 e. The number of hydrogen-bond acceptors (Lipinski definition) is 4. The van der Waals surface area contributed by atoms with Crippen molar-refractivity contribution in [3.05, 3.63) is 24.2 Å². The molecule has 1 aliphatic heterocycles. The molecule has 2 rings (SSSR count). The van der Waals surface area contributed by atoms with Crippen LogP contribution >= 0.6 is 0 Å². The molecule has 1 aromatic rings. The molecule has 0 aromatic carbocycles. The van der Waals surface area contributed by atoms with Crippen LogP contribution in [0.4, 0.5) is 0 Å². The standard InChI is InChI=1S/C8H11NO3/c9-7-4-11-8(12-5-7)6-1-2-10-3-6/h1-3,7-8H,4-5,9H2. The minimum Gasteiger partial charge on any atom is -0.472 e. The molecule has 0 radical (unpaired) electrons. The second-order valence-corrected chi connectivity index (χ2v) is 2.82. The van der Waals surface area contributed by atoms with Crippen molar-refractivity contribution in [2.45, 2.75) is 12.3 Å². The lowest BCUT2D eigenvalue weighted by Gasteiger charge is -2.26. The van der Waals surface area contributed by atoms with Gasteiger partial charge in [0.05, 0.1) is 31.8 Å². The summed E-state index contributed by atoms with van der Waals surface area (Å²) >= 11 is 0. The van der Waals surface area contributed by atoms with Gasteiger partial charge >= 0.3 is 0 Å². The normalized spacial score (nSPS) is 30.4. The van der Waals surface area contributed by atoms with Gasteiger partial charge in [0, 0.05) is 5.56 Å². The first kappa shape index (κ1) is 7.79. The van der Waals surface area contributed by atoms with Gasteiger partial charge in [0.15, 0.2) is 6.29 Å². The molecule has 2 heterocycles. The van der Waals surface area contributed by atoms with Crippen molar-refractivity contribution in [1.82, 2.24) is 0 Å². The summed E-state index contributed by atoms with van der Waals surface area (Å²) in [6.45, 7) is 1.08. The predicted molar refractivity (Wildman–Crippen MR) is 41.3 cm³/mol. The van der Waals surface area contributed by atoms with Gasteiger partial charge in [-0.1, -0.05) is 0 Å². The van der Waals surface area contributed by atoms with Crippen LogP contribution in [0.25, 0.3) is 0 Å². The Balaban J connectivity index is 1.99. The van der Waals surface area contributed by atoms with Crippen LogP contribution in [0.2, 0.25) is 0 Å². The molecule has 0 atom stereocenters. The third-order valence-electron chi connectivity index (χ3n) is 1.74. The van der Waals surface area contributed by atoms with Crippen LogP contribution in [0.5, 0.6) is 0 Å². The Kier molecular flexibility index (Phi) is 2.12. The summed E-state index contributed by atoms with van der Waals surface area (Å²) in [6.07, 6.45) is 2.90. The lowest BCUT2D eigenvalue weighted by molar-refractivity contribution is -0.190. The molecule has 12 heavy (non-hydrogen) atoms. The van der Waals surface area contributed by atoms with Crippen LogP contribution in [0.1, 0.15) is 11.9 Å². The van der Waals surface area contributed by atoms with Crippen molar-refractivity contribution in [1.29, 1.82) is 0 Å². The molecule has 4 nitrogen and oxygen atoms in total. The third kappa shape index (κ3) is 1.50. The first-order chi connectivity index (χ1) is 5.86. The molecule has 4 heteroatoms. The van der Waals surface area contributed by atoms with E-state index in [2.05, 4.69) is 0 Å². The van der Waals surface area contributed by atoms with Gasteiger partial charge in [0.2, 0.25) is 0 Å². The Morgan fingerprint density at radius 3 is 2.67 bits per heavy atom. The third-order valence-corrected chi connectivity index (χ3v) is 1.74. The van der Waals surface area contributed by atoms with Gasteiger partial charge in [0.25, 0.3) is 0 Å². The molecule has 1 saturated heterocycles.